The van der Waals surface area contributed by atoms with Crippen molar-refractivity contribution >= 4 is 5.82 Å². The van der Waals surface area contributed by atoms with Gasteiger partial charge in [0.05, 0.1) is 11.6 Å². The maximum atomic E-state index is 14.1. The van der Waals surface area contributed by atoms with Crippen LogP contribution in [-0.2, 0) is 6.42 Å². The molecular weight excluding hydrogens is 367 g/mol. The molecule has 2 aromatic carbocycles. The predicted octanol–water partition coefficient (Wildman–Crippen LogP) is 4.13. The van der Waals surface area contributed by atoms with E-state index in [0.717, 1.165) is 37.6 Å². The summed E-state index contributed by atoms with van der Waals surface area (Å²) in [7, 11) is 0. The first-order valence-corrected chi connectivity index (χ1v) is 9.68. The van der Waals surface area contributed by atoms with Crippen LogP contribution in [-0.4, -0.2) is 29.2 Å². The van der Waals surface area contributed by atoms with Crippen molar-refractivity contribution < 1.29 is 9.13 Å². The first kappa shape index (κ1) is 18.9. The van der Waals surface area contributed by atoms with Gasteiger partial charge in [-0.3, -0.25) is 0 Å². The second-order valence-corrected chi connectivity index (χ2v) is 7.05. The van der Waals surface area contributed by atoms with Crippen LogP contribution in [0.1, 0.15) is 29.8 Å². The Morgan fingerprint density at radius 3 is 2.62 bits per heavy atom. The van der Waals surface area contributed by atoms with Crippen molar-refractivity contribution in [2.24, 2.45) is 0 Å². The van der Waals surface area contributed by atoms with Crippen molar-refractivity contribution in [3.63, 3.8) is 0 Å². The van der Waals surface area contributed by atoms with Crippen LogP contribution in [0.15, 0.2) is 60.8 Å². The van der Waals surface area contributed by atoms with Crippen LogP contribution in [0.2, 0.25) is 0 Å². The Balaban J connectivity index is 1.36. The fourth-order valence-electron chi connectivity index (χ4n) is 3.48. The summed E-state index contributed by atoms with van der Waals surface area (Å²) in [6.45, 7) is 1.56. The molecule has 0 saturated carbocycles. The number of hydrogen-bond acceptors (Lipinski definition) is 5. The molecule has 3 aromatic rings. The Bertz CT molecular complexity index is 1010. The smallest absolute Gasteiger partial charge is 0.166 e. The quantitative estimate of drug-likeness (QED) is 0.658. The lowest BCUT2D eigenvalue weighted by Crippen LogP contribution is -2.39. The van der Waals surface area contributed by atoms with Gasteiger partial charge in [-0.15, -0.1) is 0 Å². The van der Waals surface area contributed by atoms with Gasteiger partial charge in [0.2, 0.25) is 0 Å². The third-order valence-electron chi connectivity index (χ3n) is 5.02. The minimum Gasteiger partial charge on any atom is -0.487 e. The fourth-order valence-corrected chi connectivity index (χ4v) is 3.48. The van der Waals surface area contributed by atoms with Gasteiger partial charge in [-0.2, -0.15) is 5.26 Å². The van der Waals surface area contributed by atoms with E-state index in [1.807, 2.05) is 30.3 Å². The lowest BCUT2D eigenvalue weighted by molar-refractivity contribution is 0.163. The summed E-state index contributed by atoms with van der Waals surface area (Å²) < 4.78 is 19.9. The van der Waals surface area contributed by atoms with E-state index in [-0.39, 0.29) is 11.9 Å². The molecule has 0 amide bonds. The van der Waals surface area contributed by atoms with Crippen molar-refractivity contribution in [2.75, 3.05) is 18.0 Å². The van der Waals surface area contributed by atoms with Gasteiger partial charge in [0.25, 0.3) is 0 Å². The summed E-state index contributed by atoms with van der Waals surface area (Å²) in [4.78, 5) is 11.3. The Kier molecular flexibility index (Phi) is 5.66. The first-order chi connectivity index (χ1) is 14.2. The molecule has 0 aliphatic carbocycles. The van der Waals surface area contributed by atoms with Gasteiger partial charge >= 0.3 is 0 Å². The lowest BCUT2D eigenvalue weighted by Gasteiger charge is -2.33. The van der Waals surface area contributed by atoms with E-state index in [9.17, 15) is 4.39 Å². The van der Waals surface area contributed by atoms with Crippen LogP contribution in [0.25, 0.3) is 0 Å². The van der Waals surface area contributed by atoms with Crippen LogP contribution in [0, 0.1) is 17.1 Å². The molecule has 29 heavy (non-hydrogen) atoms. The number of aromatic nitrogens is 2. The van der Waals surface area contributed by atoms with Crippen LogP contribution >= 0.6 is 0 Å². The molecule has 0 spiro atoms. The van der Waals surface area contributed by atoms with Gasteiger partial charge in [0.1, 0.15) is 17.7 Å². The van der Waals surface area contributed by atoms with Crippen LogP contribution in [0.5, 0.6) is 5.75 Å². The first-order valence-electron chi connectivity index (χ1n) is 9.68. The third-order valence-corrected chi connectivity index (χ3v) is 5.02. The zero-order chi connectivity index (χ0) is 20.1. The van der Waals surface area contributed by atoms with Crippen molar-refractivity contribution in [3.8, 4) is 11.8 Å². The van der Waals surface area contributed by atoms with Gasteiger partial charge < -0.3 is 9.64 Å². The highest BCUT2D eigenvalue weighted by Gasteiger charge is 2.22. The number of anilines is 1. The zero-order valence-corrected chi connectivity index (χ0v) is 16.0. The molecule has 4 rings (SSSR count). The molecule has 5 nitrogen and oxygen atoms in total. The van der Waals surface area contributed by atoms with E-state index in [2.05, 4.69) is 22.0 Å². The molecule has 146 valence electrons. The highest BCUT2D eigenvalue weighted by molar-refractivity contribution is 5.39. The van der Waals surface area contributed by atoms with Crippen molar-refractivity contribution in [2.45, 2.75) is 25.4 Å². The van der Waals surface area contributed by atoms with Gasteiger partial charge in [-0.25, -0.2) is 14.4 Å². The average Bonchev–Trinajstić information content (AvgIpc) is 2.76. The summed E-state index contributed by atoms with van der Waals surface area (Å²) in [5.74, 6) is 1.42. The summed E-state index contributed by atoms with van der Waals surface area (Å²) in [6, 6.07) is 18.3. The molecule has 0 unspecified atom stereocenters. The highest BCUT2D eigenvalue weighted by atomic mass is 19.1. The summed E-state index contributed by atoms with van der Waals surface area (Å²) in [5.41, 5.74) is 1.47. The second kappa shape index (κ2) is 8.70. The maximum absolute atomic E-state index is 14.1. The number of benzene rings is 2. The number of piperidine rings is 1. The molecule has 1 saturated heterocycles. The standard InChI is InChI=1S/C23H21FN4O/c24-20-14-18(16-25)6-7-21(20)29-19-9-12-28(13-10-19)23-8-11-26-22(27-23)15-17-4-2-1-3-5-17/h1-8,11,14,19H,9-10,12-13,15H2. The molecule has 0 N–H and O–H groups in total. The maximum Gasteiger partial charge on any atom is 0.166 e. The molecule has 1 aliphatic rings. The largest absolute Gasteiger partial charge is 0.487 e. The van der Waals surface area contributed by atoms with E-state index in [1.54, 1.807) is 12.3 Å². The van der Waals surface area contributed by atoms with E-state index >= 15 is 0 Å². The molecule has 6 heteroatoms. The monoisotopic (exact) mass is 388 g/mol. The number of nitriles is 1. The Morgan fingerprint density at radius 2 is 1.90 bits per heavy atom. The summed E-state index contributed by atoms with van der Waals surface area (Å²) in [6.07, 6.45) is 4.00. The van der Waals surface area contributed by atoms with Gasteiger partial charge in [-0.05, 0) is 29.8 Å². The van der Waals surface area contributed by atoms with Gasteiger partial charge in [0.15, 0.2) is 11.6 Å². The molecule has 0 atom stereocenters. The fraction of sp³-hybridized carbons (Fsp3) is 0.261. The SMILES string of the molecule is N#Cc1ccc(OC2CCN(c3ccnc(Cc4ccccc4)n3)CC2)c(F)c1. The minimum atomic E-state index is -0.493. The molecular formula is C23H21FN4O. The number of rotatable bonds is 5. The van der Waals surface area contributed by atoms with Crippen molar-refractivity contribution in [3.05, 3.63) is 83.6 Å². The van der Waals surface area contributed by atoms with Gasteiger partial charge in [0, 0.05) is 38.5 Å². The Hall–Kier alpha value is -3.46. The van der Waals surface area contributed by atoms with E-state index in [0.29, 0.717) is 12.0 Å². The number of hydrogen-bond donors (Lipinski definition) is 0. The molecule has 1 aliphatic heterocycles. The summed E-state index contributed by atoms with van der Waals surface area (Å²) >= 11 is 0. The number of ether oxygens (including phenoxy) is 1. The topological polar surface area (TPSA) is 62.0 Å². The third kappa shape index (κ3) is 4.69. The predicted molar refractivity (Wildman–Crippen MR) is 108 cm³/mol. The molecule has 0 radical (unpaired) electrons. The van der Waals surface area contributed by atoms with Crippen LogP contribution < -0.4 is 9.64 Å². The normalized spacial score (nSPS) is 14.4. The number of halogens is 1. The van der Waals surface area contributed by atoms with E-state index in [4.69, 9.17) is 15.0 Å². The van der Waals surface area contributed by atoms with Crippen LogP contribution in [0.4, 0.5) is 10.2 Å². The molecule has 0 bridgehead atoms. The Morgan fingerprint density at radius 1 is 1.10 bits per heavy atom. The second-order valence-electron chi connectivity index (χ2n) is 7.05. The van der Waals surface area contributed by atoms with Crippen LogP contribution in [0.3, 0.4) is 0 Å². The molecule has 2 heterocycles. The number of nitrogens with zero attached hydrogens (tertiary/aromatic N) is 4. The zero-order valence-electron chi connectivity index (χ0n) is 16.0. The average molecular weight is 388 g/mol. The van der Waals surface area contributed by atoms with Crippen molar-refractivity contribution in [1.29, 1.82) is 5.26 Å². The van der Waals surface area contributed by atoms with E-state index in [1.165, 1.54) is 17.7 Å². The van der Waals surface area contributed by atoms with Crippen molar-refractivity contribution in [1.82, 2.24) is 9.97 Å². The molecule has 1 aromatic heterocycles. The Labute approximate surface area is 169 Å². The van der Waals surface area contributed by atoms with E-state index < -0.39 is 5.82 Å². The molecule has 1 fully saturated rings. The minimum absolute atomic E-state index is 0.0562. The lowest BCUT2D eigenvalue weighted by atomic mass is 10.1. The highest BCUT2D eigenvalue weighted by Crippen LogP contribution is 2.25. The summed E-state index contributed by atoms with van der Waals surface area (Å²) in [5, 5.41) is 8.84. The van der Waals surface area contributed by atoms with Gasteiger partial charge in [-0.1, -0.05) is 30.3 Å².